The van der Waals surface area contributed by atoms with Crippen molar-refractivity contribution in [3.63, 3.8) is 0 Å². The van der Waals surface area contributed by atoms with Gasteiger partial charge in [0.1, 0.15) is 6.29 Å². The Morgan fingerprint density at radius 3 is 3.00 bits per heavy atom. The smallest absolute Gasteiger partial charge is 0.237 e. The van der Waals surface area contributed by atoms with Crippen molar-refractivity contribution in [2.24, 2.45) is 0 Å². The highest BCUT2D eigenvalue weighted by molar-refractivity contribution is 8.00. The summed E-state index contributed by atoms with van der Waals surface area (Å²) >= 11 is 1.58. The van der Waals surface area contributed by atoms with E-state index in [1.165, 1.54) is 0 Å². The van der Waals surface area contributed by atoms with Gasteiger partial charge in [0.05, 0.1) is 17.5 Å². The molecule has 0 saturated heterocycles. The number of anilines is 1. The highest BCUT2D eigenvalue weighted by Crippen LogP contribution is 2.35. The van der Waals surface area contributed by atoms with E-state index in [1.54, 1.807) is 11.8 Å². The van der Waals surface area contributed by atoms with Crippen LogP contribution in [0.3, 0.4) is 0 Å². The molecule has 96 valence electrons. The molecule has 1 aliphatic rings. The van der Waals surface area contributed by atoms with Crippen LogP contribution in [-0.4, -0.2) is 35.9 Å². The van der Waals surface area contributed by atoms with E-state index < -0.39 is 0 Å². The predicted molar refractivity (Wildman–Crippen MR) is 72.8 cm³/mol. The van der Waals surface area contributed by atoms with E-state index in [-0.39, 0.29) is 11.2 Å². The zero-order valence-corrected chi connectivity index (χ0v) is 11.3. The number of hydrogen-bond acceptors (Lipinski definition) is 4. The van der Waals surface area contributed by atoms with Crippen molar-refractivity contribution >= 4 is 29.6 Å². The molecule has 4 nitrogen and oxygen atoms in total. The maximum absolute atomic E-state index is 11.6. The van der Waals surface area contributed by atoms with E-state index in [2.05, 4.69) is 5.32 Å². The number of benzene rings is 1. The van der Waals surface area contributed by atoms with Crippen molar-refractivity contribution in [2.75, 3.05) is 18.9 Å². The second-order valence-electron chi connectivity index (χ2n) is 4.44. The van der Waals surface area contributed by atoms with Crippen LogP contribution in [0.4, 0.5) is 5.69 Å². The summed E-state index contributed by atoms with van der Waals surface area (Å²) in [6, 6.07) is 6.05. The van der Waals surface area contributed by atoms with E-state index in [4.69, 9.17) is 0 Å². The third-order valence-electron chi connectivity index (χ3n) is 2.81. The number of carbonyl (C=O) groups is 2. The number of hydrogen-bond donors (Lipinski definition) is 1. The maximum atomic E-state index is 11.6. The van der Waals surface area contributed by atoms with E-state index in [1.807, 2.05) is 37.1 Å². The van der Waals surface area contributed by atoms with Gasteiger partial charge in [-0.1, -0.05) is 6.07 Å². The summed E-state index contributed by atoms with van der Waals surface area (Å²) < 4.78 is 0. The fraction of sp³-hybridized carbons (Fsp3) is 0.385. The molecule has 1 heterocycles. The third-order valence-corrected chi connectivity index (χ3v) is 3.99. The lowest BCUT2D eigenvalue weighted by Crippen LogP contribution is -2.26. The zero-order chi connectivity index (χ0) is 13.1. The summed E-state index contributed by atoms with van der Waals surface area (Å²) in [5.41, 5.74) is 1.97. The van der Waals surface area contributed by atoms with Crippen molar-refractivity contribution in [2.45, 2.75) is 23.6 Å². The topological polar surface area (TPSA) is 49.4 Å². The predicted octanol–water partition coefficient (Wildman–Crippen LogP) is 1.75. The van der Waals surface area contributed by atoms with Gasteiger partial charge in [0.15, 0.2) is 0 Å². The first-order valence-corrected chi connectivity index (χ1v) is 6.70. The average molecular weight is 264 g/mol. The number of nitrogens with one attached hydrogen (secondary N) is 1. The van der Waals surface area contributed by atoms with Gasteiger partial charge in [0.2, 0.25) is 5.91 Å². The van der Waals surface area contributed by atoms with Gasteiger partial charge < -0.3 is 10.1 Å². The van der Waals surface area contributed by atoms with E-state index in [0.717, 1.165) is 22.4 Å². The summed E-state index contributed by atoms with van der Waals surface area (Å²) in [5.74, 6) is 0.0471. The molecule has 0 aliphatic carbocycles. The number of nitrogens with zero attached hydrogens (tertiary/aromatic N) is 1. The van der Waals surface area contributed by atoms with Gasteiger partial charge in [-0.05, 0) is 31.7 Å². The number of likely N-dealkylation sites (N-methyl/N-ethyl adjacent to an activating group) is 1. The molecule has 0 spiro atoms. The molecule has 1 aromatic rings. The first kappa shape index (κ1) is 13.1. The Hall–Kier alpha value is -1.33. The highest BCUT2D eigenvalue weighted by atomic mass is 32.2. The molecule has 0 radical (unpaired) electrons. The van der Waals surface area contributed by atoms with Crippen LogP contribution >= 0.6 is 11.8 Å². The molecular weight excluding hydrogens is 248 g/mol. The van der Waals surface area contributed by atoms with Crippen molar-refractivity contribution < 1.29 is 9.59 Å². The van der Waals surface area contributed by atoms with Gasteiger partial charge >= 0.3 is 0 Å². The van der Waals surface area contributed by atoms with Crippen molar-refractivity contribution in [1.82, 2.24) is 4.90 Å². The standard InChI is InChI=1S/C13H16N2O2S/c1-9-13(17)14-11-7-10(3-4-12(11)18-9)8-15(2)5-6-16/h3-4,6-7,9H,5,8H2,1-2H3,(H,14,17). The van der Waals surface area contributed by atoms with Crippen molar-refractivity contribution in [3.05, 3.63) is 23.8 Å². The average Bonchev–Trinajstić information content (AvgIpc) is 2.31. The molecule has 18 heavy (non-hydrogen) atoms. The molecule has 0 aromatic heterocycles. The molecule has 0 saturated carbocycles. The minimum Gasteiger partial charge on any atom is -0.324 e. The van der Waals surface area contributed by atoms with Crippen molar-refractivity contribution in [3.8, 4) is 0 Å². The molecule has 2 rings (SSSR count). The second-order valence-corrected chi connectivity index (χ2v) is 5.83. The quantitative estimate of drug-likeness (QED) is 0.842. The number of carbonyl (C=O) groups excluding carboxylic acids is 2. The van der Waals surface area contributed by atoms with Crippen LogP contribution in [-0.2, 0) is 16.1 Å². The second kappa shape index (κ2) is 5.54. The fourth-order valence-electron chi connectivity index (χ4n) is 1.86. The van der Waals surface area contributed by atoms with Gasteiger partial charge in [-0.25, -0.2) is 0 Å². The molecule has 0 fully saturated rings. The summed E-state index contributed by atoms with van der Waals surface area (Å²) in [6.45, 7) is 3.01. The van der Waals surface area contributed by atoms with Crippen molar-refractivity contribution in [1.29, 1.82) is 0 Å². The first-order chi connectivity index (χ1) is 8.60. The summed E-state index contributed by atoms with van der Waals surface area (Å²) in [6.07, 6.45) is 0.887. The van der Waals surface area contributed by atoms with Gasteiger partial charge in [0.25, 0.3) is 0 Å². The van der Waals surface area contributed by atoms with Gasteiger partial charge in [-0.15, -0.1) is 11.8 Å². The molecule has 1 aliphatic heterocycles. The van der Waals surface area contributed by atoms with E-state index in [0.29, 0.717) is 13.1 Å². The number of fused-ring (bicyclic) bond motifs is 1. The van der Waals surface area contributed by atoms with Crippen LogP contribution in [0.5, 0.6) is 0 Å². The molecule has 5 heteroatoms. The Kier molecular flexibility index (Phi) is 4.04. The Bertz CT molecular complexity index is 476. The maximum Gasteiger partial charge on any atom is 0.237 e. The SMILES string of the molecule is CC1Sc2ccc(CN(C)CC=O)cc2NC1=O. The molecule has 0 bridgehead atoms. The molecule has 1 atom stereocenters. The van der Waals surface area contributed by atoms with Crippen LogP contribution in [0.15, 0.2) is 23.1 Å². The lowest BCUT2D eigenvalue weighted by molar-refractivity contribution is -0.115. The molecule has 1 N–H and O–H groups in total. The fourth-order valence-corrected chi connectivity index (χ4v) is 2.79. The normalized spacial score (nSPS) is 18.4. The first-order valence-electron chi connectivity index (χ1n) is 5.83. The van der Waals surface area contributed by atoms with Crippen LogP contribution < -0.4 is 5.32 Å². The number of amides is 1. The minimum absolute atomic E-state index is 0.0407. The largest absolute Gasteiger partial charge is 0.324 e. The lowest BCUT2D eigenvalue weighted by Gasteiger charge is -2.22. The number of thioether (sulfide) groups is 1. The van der Waals surface area contributed by atoms with Crippen LogP contribution in [0, 0.1) is 0 Å². The Morgan fingerprint density at radius 1 is 1.50 bits per heavy atom. The van der Waals surface area contributed by atoms with Gasteiger partial charge in [0, 0.05) is 11.4 Å². The minimum atomic E-state index is -0.0407. The number of rotatable bonds is 4. The Balaban J connectivity index is 2.14. The highest BCUT2D eigenvalue weighted by Gasteiger charge is 2.22. The van der Waals surface area contributed by atoms with Gasteiger partial charge in [-0.3, -0.25) is 9.69 Å². The molecule has 1 aromatic carbocycles. The third kappa shape index (κ3) is 2.91. The Morgan fingerprint density at radius 2 is 2.28 bits per heavy atom. The van der Waals surface area contributed by atoms with Crippen LogP contribution in [0.1, 0.15) is 12.5 Å². The summed E-state index contributed by atoms with van der Waals surface area (Å²) in [4.78, 5) is 25.0. The lowest BCUT2D eigenvalue weighted by atomic mass is 10.2. The van der Waals surface area contributed by atoms with E-state index in [9.17, 15) is 9.59 Å². The molecule has 1 unspecified atom stereocenters. The Labute approximate surface area is 111 Å². The van der Waals surface area contributed by atoms with Crippen LogP contribution in [0.2, 0.25) is 0 Å². The molecular formula is C13H16N2O2S. The monoisotopic (exact) mass is 264 g/mol. The zero-order valence-electron chi connectivity index (χ0n) is 10.5. The number of aldehydes is 1. The van der Waals surface area contributed by atoms with Crippen LogP contribution in [0.25, 0.3) is 0 Å². The van der Waals surface area contributed by atoms with Gasteiger partial charge in [-0.2, -0.15) is 0 Å². The van der Waals surface area contributed by atoms with E-state index >= 15 is 0 Å². The molecule has 1 amide bonds. The summed E-state index contributed by atoms with van der Waals surface area (Å²) in [5, 5.41) is 2.87. The summed E-state index contributed by atoms with van der Waals surface area (Å²) in [7, 11) is 1.89.